The van der Waals surface area contributed by atoms with Crippen LogP contribution in [0.25, 0.3) is 22.1 Å². The number of anilines is 1. The summed E-state index contributed by atoms with van der Waals surface area (Å²) < 4.78 is 9.77. The number of carbonyl (C=O) groups is 1. The molecule has 214 valence electrons. The van der Waals surface area contributed by atoms with Gasteiger partial charge in [0.25, 0.3) is 5.56 Å². The Morgan fingerprint density at radius 3 is 2.73 bits per heavy atom. The molecule has 1 aliphatic rings. The van der Waals surface area contributed by atoms with E-state index < -0.39 is 22.9 Å². The Labute approximate surface area is 237 Å². The van der Waals surface area contributed by atoms with Gasteiger partial charge in [0.15, 0.2) is 11.2 Å². The fraction of sp³-hybridized carbons (Fsp3) is 0.448. The molecule has 1 aliphatic heterocycles. The number of carbonyl (C=O) groups excluding carboxylic acids is 1. The van der Waals surface area contributed by atoms with Crippen molar-refractivity contribution in [1.29, 1.82) is 0 Å². The summed E-state index contributed by atoms with van der Waals surface area (Å²) in [5.41, 5.74) is 0.293. The number of hydrogen-bond donors (Lipinski definition) is 1. The fourth-order valence-corrected chi connectivity index (χ4v) is 5.14. The van der Waals surface area contributed by atoms with Crippen LogP contribution in [0.4, 0.5) is 10.7 Å². The average Bonchev–Trinajstić information content (AvgIpc) is 3.32. The monoisotopic (exact) mass is 558 g/mol. The van der Waals surface area contributed by atoms with Crippen molar-refractivity contribution in [2.24, 2.45) is 7.05 Å². The molecule has 0 aliphatic carbocycles. The second-order valence-corrected chi connectivity index (χ2v) is 11.1. The van der Waals surface area contributed by atoms with Crippen LogP contribution in [0.1, 0.15) is 46.2 Å². The zero-order chi connectivity index (χ0) is 29.3. The molecule has 0 bridgehead atoms. The maximum Gasteiger partial charge on any atom is 0.407 e. The Balaban J connectivity index is 1.56. The molecule has 5 heterocycles. The number of piperidine rings is 1. The Hall–Kier alpha value is -4.66. The number of imidazole rings is 1. The third kappa shape index (κ3) is 5.66. The van der Waals surface area contributed by atoms with Gasteiger partial charge in [0.2, 0.25) is 5.95 Å². The molecule has 1 unspecified atom stereocenters. The van der Waals surface area contributed by atoms with Gasteiger partial charge in [-0.15, -0.1) is 5.92 Å². The molecule has 1 fully saturated rings. The number of hydrogen-bond acceptors (Lipinski definition) is 8. The van der Waals surface area contributed by atoms with E-state index in [4.69, 9.17) is 9.72 Å². The van der Waals surface area contributed by atoms with Crippen LogP contribution < -0.4 is 21.5 Å². The minimum Gasteiger partial charge on any atom is -0.444 e. The van der Waals surface area contributed by atoms with E-state index in [-0.39, 0.29) is 30.3 Å². The lowest BCUT2D eigenvalue weighted by atomic mass is 10.1. The molecule has 5 rings (SSSR count). The number of ether oxygens (including phenoxy) is 1. The largest absolute Gasteiger partial charge is 0.444 e. The number of fused-ring (bicyclic) bond motifs is 2. The van der Waals surface area contributed by atoms with E-state index in [1.54, 1.807) is 43.1 Å². The van der Waals surface area contributed by atoms with E-state index in [9.17, 15) is 14.4 Å². The molecule has 4 aromatic rings. The van der Waals surface area contributed by atoms with Crippen LogP contribution in [0.15, 0.2) is 40.2 Å². The van der Waals surface area contributed by atoms with Crippen molar-refractivity contribution in [3.63, 3.8) is 0 Å². The molecule has 41 heavy (non-hydrogen) atoms. The van der Waals surface area contributed by atoms with E-state index in [0.717, 1.165) is 23.7 Å². The minimum absolute atomic E-state index is 0.0178. The highest BCUT2D eigenvalue weighted by atomic mass is 16.6. The maximum absolute atomic E-state index is 14.0. The Morgan fingerprint density at radius 1 is 1.17 bits per heavy atom. The molecule has 1 N–H and O–H groups in total. The van der Waals surface area contributed by atoms with Gasteiger partial charge in [-0.2, -0.15) is 4.98 Å². The van der Waals surface area contributed by atoms with Gasteiger partial charge < -0.3 is 15.0 Å². The van der Waals surface area contributed by atoms with Crippen molar-refractivity contribution in [2.45, 2.75) is 65.3 Å². The number of alkyl carbamates (subject to hydrolysis) is 1. The Bertz CT molecular complexity index is 1800. The third-order valence-electron chi connectivity index (χ3n) is 6.97. The number of aryl methyl sites for hydroxylation is 1. The van der Waals surface area contributed by atoms with Crippen LogP contribution in [0.3, 0.4) is 0 Å². The van der Waals surface area contributed by atoms with Crippen molar-refractivity contribution in [2.75, 3.05) is 18.0 Å². The summed E-state index contributed by atoms with van der Waals surface area (Å²) in [5, 5.41) is 3.72. The van der Waals surface area contributed by atoms with Gasteiger partial charge in [0.05, 0.1) is 24.3 Å². The molecule has 4 aromatic heterocycles. The first kappa shape index (κ1) is 27.9. The highest BCUT2D eigenvalue weighted by molar-refractivity contribution is 5.80. The summed E-state index contributed by atoms with van der Waals surface area (Å²) in [4.78, 5) is 55.5. The van der Waals surface area contributed by atoms with Crippen LogP contribution in [-0.4, -0.2) is 59.5 Å². The Morgan fingerprint density at radius 2 is 1.98 bits per heavy atom. The standard InChI is InChI=1S/C29H34N8O4/c1-6-7-16-36-23-24(33-26(36)35-15-9-10-19(17-35)32-27(39)41-29(2,3)4)34(5)28(40)37(25(23)38)18-22-20-11-8-13-30-21(20)12-14-31-22/h8,11-14,19H,9-10,15-18H2,1-5H3,(H,32,39). The number of rotatable bonds is 5. The first-order valence-corrected chi connectivity index (χ1v) is 13.6. The van der Waals surface area contributed by atoms with Crippen LogP contribution in [-0.2, 0) is 24.9 Å². The van der Waals surface area contributed by atoms with Gasteiger partial charge in [-0.05, 0) is 58.7 Å². The molecule has 0 radical (unpaired) electrons. The van der Waals surface area contributed by atoms with Crippen LogP contribution in [0.2, 0.25) is 0 Å². The van der Waals surface area contributed by atoms with Gasteiger partial charge >= 0.3 is 11.8 Å². The quantitative estimate of drug-likeness (QED) is 0.370. The smallest absolute Gasteiger partial charge is 0.407 e. The highest BCUT2D eigenvalue weighted by Gasteiger charge is 2.29. The second kappa shape index (κ2) is 11.1. The third-order valence-corrected chi connectivity index (χ3v) is 6.97. The summed E-state index contributed by atoms with van der Waals surface area (Å²) in [6.07, 6.45) is 4.41. The average molecular weight is 559 g/mol. The molecule has 0 saturated carbocycles. The molecule has 1 atom stereocenters. The molecule has 12 nitrogen and oxygen atoms in total. The molecule has 0 aromatic carbocycles. The first-order chi connectivity index (χ1) is 19.6. The zero-order valence-corrected chi connectivity index (χ0v) is 24.0. The number of pyridine rings is 2. The lowest BCUT2D eigenvalue weighted by Crippen LogP contribution is -2.49. The van der Waals surface area contributed by atoms with Crippen molar-refractivity contribution in [1.82, 2.24) is 34.0 Å². The molecule has 1 saturated heterocycles. The SMILES string of the molecule is CC#CCn1c(N2CCCC(NC(=O)OC(C)(C)C)C2)nc2c1c(=O)n(Cc1nccc3ncccc13)c(=O)n2C. The van der Waals surface area contributed by atoms with E-state index in [2.05, 4.69) is 27.1 Å². The van der Waals surface area contributed by atoms with Gasteiger partial charge in [-0.3, -0.25) is 28.5 Å². The lowest BCUT2D eigenvalue weighted by Gasteiger charge is -2.34. The summed E-state index contributed by atoms with van der Waals surface area (Å²) in [6, 6.07) is 5.29. The van der Waals surface area contributed by atoms with E-state index in [1.807, 2.05) is 31.7 Å². The summed E-state index contributed by atoms with van der Waals surface area (Å²) in [5.74, 6) is 6.46. The summed E-state index contributed by atoms with van der Waals surface area (Å²) >= 11 is 0. The fourth-order valence-electron chi connectivity index (χ4n) is 5.14. The number of amides is 1. The zero-order valence-electron chi connectivity index (χ0n) is 24.0. The van der Waals surface area contributed by atoms with Gasteiger partial charge in [-0.25, -0.2) is 9.59 Å². The van der Waals surface area contributed by atoms with Crippen molar-refractivity contribution in [3.05, 3.63) is 57.1 Å². The molecule has 1 amide bonds. The lowest BCUT2D eigenvalue weighted by molar-refractivity contribution is 0.0499. The molecule has 12 heteroatoms. The summed E-state index contributed by atoms with van der Waals surface area (Å²) in [6.45, 7) is 8.53. The Kier molecular flexibility index (Phi) is 7.53. The minimum atomic E-state index is -0.603. The van der Waals surface area contributed by atoms with Crippen LogP contribution in [0, 0.1) is 11.8 Å². The van der Waals surface area contributed by atoms with Crippen LogP contribution in [0.5, 0.6) is 0 Å². The predicted octanol–water partition coefficient (Wildman–Crippen LogP) is 2.40. The molecule has 0 spiro atoms. The van der Waals surface area contributed by atoms with Crippen molar-refractivity contribution < 1.29 is 9.53 Å². The van der Waals surface area contributed by atoms with E-state index >= 15 is 0 Å². The molecular formula is C29H34N8O4. The van der Waals surface area contributed by atoms with E-state index in [0.29, 0.717) is 24.7 Å². The first-order valence-electron chi connectivity index (χ1n) is 13.6. The van der Waals surface area contributed by atoms with Crippen LogP contribution >= 0.6 is 0 Å². The van der Waals surface area contributed by atoms with Gasteiger partial charge in [0, 0.05) is 44.0 Å². The van der Waals surface area contributed by atoms with Crippen molar-refractivity contribution >= 4 is 34.1 Å². The molecular weight excluding hydrogens is 524 g/mol. The highest BCUT2D eigenvalue weighted by Crippen LogP contribution is 2.24. The second-order valence-electron chi connectivity index (χ2n) is 11.1. The normalized spacial score (nSPS) is 15.5. The number of nitrogens with one attached hydrogen (secondary N) is 1. The summed E-state index contributed by atoms with van der Waals surface area (Å²) in [7, 11) is 1.61. The van der Waals surface area contributed by atoms with Crippen molar-refractivity contribution in [3.8, 4) is 11.8 Å². The van der Waals surface area contributed by atoms with Gasteiger partial charge in [-0.1, -0.05) is 5.92 Å². The van der Waals surface area contributed by atoms with E-state index in [1.165, 1.54) is 9.13 Å². The maximum atomic E-state index is 14.0. The number of nitrogens with zero attached hydrogens (tertiary/aromatic N) is 7. The van der Waals surface area contributed by atoms with Gasteiger partial charge in [0.1, 0.15) is 5.60 Å². The topological polar surface area (TPSA) is 129 Å². The number of aromatic nitrogens is 6. The predicted molar refractivity (Wildman–Crippen MR) is 156 cm³/mol.